The van der Waals surface area contributed by atoms with Gasteiger partial charge in [0.1, 0.15) is 0 Å². The van der Waals surface area contributed by atoms with Crippen LogP contribution >= 0.6 is 0 Å². The molecule has 0 aliphatic carbocycles. The van der Waals surface area contributed by atoms with E-state index in [1.54, 1.807) is 0 Å². The molecule has 2 heteroatoms. The Morgan fingerprint density at radius 3 is 2.76 bits per heavy atom. The average molecular weight is 231 g/mol. The molecular formula is C15H22N2. The van der Waals surface area contributed by atoms with E-state index in [1.165, 1.54) is 22.2 Å². The quantitative estimate of drug-likeness (QED) is 0.676. The Labute approximate surface area is 105 Å². The molecule has 1 aliphatic rings. The number of nitrogens with zero attached hydrogens (tertiary/aromatic N) is 2. The van der Waals surface area contributed by atoms with Crippen molar-refractivity contribution in [2.75, 3.05) is 13.6 Å². The molecule has 0 fully saturated rings. The fourth-order valence-corrected chi connectivity index (χ4v) is 2.59. The summed E-state index contributed by atoms with van der Waals surface area (Å²) in [6.07, 6.45) is 1.07. The van der Waals surface area contributed by atoms with Gasteiger partial charge in [-0.25, -0.2) is 0 Å². The van der Waals surface area contributed by atoms with Crippen molar-refractivity contribution in [3.63, 3.8) is 0 Å². The number of rotatable bonds is 0. The Morgan fingerprint density at radius 1 is 1.24 bits per heavy atom. The lowest BCUT2D eigenvalue weighted by Gasteiger charge is -2.23. The molecule has 0 saturated carbocycles. The van der Waals surface area contributed by atoms with Gasteiger partial charge in [-0.3, -0.25) is 0 Å². The van der Waals surface area contributed by atoms with Gasteiger partial charge in [0.25, 0.3) is 0 Å². The molecule has 17 heavy (non-hydrogen) atoms. The van der Waals surface area contributed by atoms with Crippen LogP contribution < -0.4 is 0 Å². The SMILES string of the molecule is CC.[2H]CN1CCc2c(c3ccccc3n2C)C1. The van der Waals surface area contributed by atoms with E-state index in [1.807, 2.05) is 13.8 Å². The smallest absolute Gasteiger partial charge is 0.0483 e. The Hall–Kier alpha value is -1.28. The number of fused-ring (bicyclic) bond motifs is 3. The Morgan fingerprint density at radius 2 is 2.00 bits per heavy atom. The molecule has 1 aromatic heterocycles. The maximum atomic E-state index is 7.47. The number of hydrogen-bond donors (Lipinski definition) is 0. The minimum absolute atomic E-state index is 0.405. The average Bonchev–Trinajstić information content (AvgIpc) is 2.75. The number of hydrogen-bond acceptors (Lipinski definition) is 1. The fourth-order valence-electron chi connectivity index (χ4n) is 2.59. The van der Waals surface area contributed by atoms with Gasteiger partial charge in [0.2, 0.25) is 0 Å². The number of aromatic nitrogens is 1. The second kappa shape index (κ2) is 4.92. The van der Waals surface area contributed by atoms with Crippen LogP contribution in [0, 0.1) is 0 Å². The lowest BCUT2D eigenvalue weighted by atomic mass is 10.1. The standard InChI is InChI=1S/C13H16N2.C2H6/c1-14-8-7-13-11(9-14)10-5-3-4-6-12(10)15(13)2;1-2/h3-6H,7-9H2,1-2H3;1-2H3/i1D;. The summed E-state index contributed by atoms with van der Waals surface area (Å²) in [4.78, 5) is 2.19. The zero-order valence-corrected chi connectivity index (χ0v) is 11.0. The summed E-state index contributed by atoms with van der Waals surface area (Å²) in [5.41, 5.74) is 4.20. The predicted molar refractivity (Wildman–Crippen MR) is 74.3 cm³/mol. The molecule has 0 radical (unpaired) electrons. The Bertz CT molecular complexity index is 531. The van der Waals surface area contributed by atoms with Gasteiger partial charge in [-0.05, 0) is 18.7 Å². The first kappa shape index (κ1) is 10.8. The van der Waals surface area contributed by atoms with Crippen molar-refractivity contribution >= 4 is 10.9 Å². The van der Waals surface area contributed by atoms with E-state index in [2.05, 4.69) is 40.8 Å². The summed E-state index contributed by atoms with van der Waals surface area (Å²) in [5, 5.41) is 1.36. The number of benzene rings is 1. The normalized spacial score (nSPS) is 16.1. The maximum Gasteiger partial charge on any atom is 0.0483 e. The van der Waals surface area contributed by atoms with Crippen LogP contribution in [0.5, 0.6) is 0 Å². The second-order valence-corrected chi connectivity index (χ2v) is 4.30. The zero-order valence-electron chi connectivity index (χ0n) is 12.0. The van der Waals surface area contributed by atoms with Gasteiger partial charge in [-0.15, -0.1) is 0 Å². The van der Waals surface area contributed by atoms with Gasteiger partial charge in [0, 0.05) is 44.5 Å². The van der Waals surface area contributed by atoms with Crippen LogP contribution in [0.1, 0.15) is 26.5 Å². The third kappa shape index (κ3) is 1.98. The Kier molecular flexibility index (Phi) is 3.14. The minimum Gasteiger partial charge on any atom is -0.347 e. The molecule has 2 heterocycles. The number of aryl methyl sites for hydroxylation is 1. The summed E-state index contributed by atoms with van der Waals surface area (Å²) in [5.74, 6) is 0. The zero-order chi connectivity index (χ0) is 13.1. The van der Waals surface area contributed by atoms with E-state index in [0.717, 1.165) is 19.5 Å². The van der Waals surface area contributed by atoms with E-state index in [0.29, 0.717) is 7.02 Å². The number of likely N-dealkylation sites (N-methyl/N-ethyl adjacent to an activating group) is 1. The maximum absolute atomic E-state index is 7.47. The van der Waals surface area contributed by atoms with Crippen molar-refractivity contribution in [2.45, 2.75) is 26.8 Å². The highest BCUT2D eigenvalue weighted by molar-refractivity contribution is 5.85. The summed E-state index contributed by atoms with van der Waals surface area (Å²) in [6.45, 7) is 5.95. The largest absolute Gasteiger partial charge is 0.347 e. The third-order valence-electron chi connectivity index (χ3n) is 3.39. The summed E-state index contributed by atoms with van der Waals surface area (Å²) in [7, 11) is 2.56. The summed E-state index contributed by atoms with van der Waals surface area (Å²) < 4.78 is 9.78. The molecular weight excluding hydrogens is 208 g/mol. The second-order valence-electron chi connectivity index (χ2n) is 4.30. The molecule has 3 rings (SSSR count). The highest BCUT2D eigenvalue weighted by Crippen LogP contribution is 2.29. The summed E-state index contributed by atoms with van der Waals surface area (Å²) >= 11 is 0. The fraction of sp³-hybridized carbons (Fsp3) is 0.467. The van der Waals surface area contributed by atoms with Crippen molar-refractivity contribution in [1.29, 1.82) is 0 Å². The molecule has 0 saturated heterocycles. The first-order chi connectivity index (χ1) is 8.81. The van der Waals surface area contributed by atoms with Gasteiger partial charge in [-0.2, -0.15) is 0 Å². The van der Waals surface area contributed by atoms with Crippen LogP contribution in [-0.2, 0) is 20.0 Å². The topological polar surface area (TPSA) is 8.17 Å². The van der Waals surface area contributed by atoms with Gasteiger partial charge < -0.3 is 9.47 Å². The van der Waals surface area contributed by atoms with Crippen molar-refractivity contribution in [1.82, 2.24) is 9.47 Å². The van der Waals surface area contributed by atoms with Crippen LogP contribution in [0.25, 0.3) is 10.9 Å². The molecule has 0 amide bonds. The monoisotopic (exact) mass is 231 g/mol. The number of para-hydroxylation sites is 1. The first-order valence-corrected chi connectivity index (χ1v) is 6.38. The lowest BCUT2D eigenvalue weighted by molar-refractivity contribution is 0.310. The molecule has 0 spiro atoms. The van der Waals surface area contributed by atoms with Crippen LogP contribution in [0.15, 0.2) is 24.3 Å². The van der Waals surface area contributed by atoms with E-state index in [4.69, 9.17) is 1.37 Å². The van der Waals surface area contributed by atoms with Crippen LogP contribution in [0.4, 0.5) is 0 Å². The predicted octanol–water partition coefficient (Wildman–Crippen LogP) is 3.19. The minimum atomic E-state index is 0.405. The highest BCUT2D eigenvalue weighted by atomic mass is 15.1. The Balaban J connectivity index is 0.000000574. The van der Waals surface area contributed by atoms with Crippen molar-refractivity contribution < 1.29 is 1.37 Å². The molecule has 0 bridgehead atoms. The van der Waals surface area contributed by atoms with Gasteiger partial charge in [0.15, 0.2) is 0 Å². The third-order valence-corrected chi connectivity index (χ3v) is 3.39. The molecule has 1 aliphatic heterocycles. The van der Waals surface area contributed by atoms with Crippen molar-refractivity contribution in [3.8, 4) is 0 Å². The van der Waals surface area contributed by atoms with Crippen LogP contribution in [0.3, 0.4) is 0 Å². The molecule has 92 valence electrons. The molecule has 0 atom stereocenters. The van der Waals surface area contributed by atoms with Crippen molar-refractivity contribution in [2.24, 2.45) is 7.05 Å². The van der Waals surface area contributed by atoms with Crippen molar-refractivity contribution in [3.05, 3.63) is 35.5 Å². The van der Waals surface area contributed by atoms with E-state index in [9.17, 15) is 0 Å². The molecule has 0 unspecified atom stereocenters. The van der Waals surface area contributed by atoms with Gasteiger partial charge in [-0.1, -0.05) is 32.0 Å². The molecule has 1 aromatic carbocycles. The lowest BCUT2D eigenvalue weighted by Crippen LogP contribution is -2.26. The summed E-state index contributed by atoms with van der Waals surface area (Å²) in [6, 6.07) is 8.57. The van der Waals surface area contributed by atoms with E-state index in [-0.39, 0.29) is 0 Å². The molecule has 0 N–H and O–H groups in total. The molecule has 2 nitrogen and oxygen atoms in total. The van der Waals surface area contributed by atoms with Gasteiger partial charge >= 0.3 is 0 Å². The first-order valence-electron chi connectivity index (χ1n) is 7.08. The van der Waals surface area contributed by atoms with E-state index < -0.39 is 0 Å². The van der Waals surface area contributed by atoms with Crippen LogP contribution in [0.2, 0.25) is 0 Å². The van der Waals surface area contributed by atoms with Crippen LogP contribution in [-0.4, -0.2) is 23.0 Å². The highest BCUT2D eigenvalue weighted by Gasteiger charge is 2.19. The van der Waals surface area contributed by atoms with E-state index >= 15 is 0 Å². The van der Waals surface area contributed by atoms with Gasteiger partial charge in [0.05, 0.1) is 0 Å². The molecule has 2 aromatic rings.